The number of hydrogen-bond acceptors (Lipinski definition) is 4. The van der Waals surface area contributed by atoms with Crippen LogP contribution in [0.15, 0.2) is 42.5 Å². The molecular weight excluding hydrogens is 350 g/mol. The molecule has 0 atom stereocenters. The van der Waals surface area contributed by atoms with Gasteiger partial charge in [0.15, 0.2) is 6.61 Å². The minimum atomic E-state index is -0.204. The van der Waals surface area contributed by atoms with Gasteiger partial charge in [0.1, 0.15) is 5.75 Å². The fourth-order valence-electron chi connectivity index (χ4n) is 3.01. The van der Waals surface area contributed by atoms with Crippen molar-refractivity contribution < 1.29 is 9.53 Å². The second-order valence-corrected chi connectivity index (χ2v) is 6.99. The van der Waals surface area contributed by atoms with Crippen molar-refractivity contribution in [1.29, 1.82) is 0 Å². The van der Waals surface area contributed by atoms with Crippen molar-refractivity contribution in [3.63, 3.8) is 0 Å². The fourth-order valence-corrected chi connectivity index (χ4v) is 3.30. The fraction of sp³-hybridized carbons (Fsp3) is 0.350. The van der Waals surface area contributed by atoms with Gasteiger partial charge in [0.05, 0.1) is 16.4 Å². The van der Waals surface area contributed by atoms with E-state index in [1.165, 1.54) is 0 Å². The summed E-state index contributed by atoms with van der Waals surface area (Å²) in [4.78, 5) is 16.9. The van der Waals surface area contributed by atoms with Crippen LogP contribution in [0.5, 0.6) is 5.75 Å². The number of halogens is 1. The first-order chi connectivity index (χ1) is 12.5. The molecular formula is C20H24ClN3O2. The lowest BCUT2D eigenvalue weighted by atomic mass is 10.2. The van der Waals surface area contributed by atoms with Gasteiger partial charge in [-0.2, -0.15) is 0 Å². The summed E-state index contributed by atoms with van der Waals surface area (Å²) in [5.41, 5.74) is 2.70. The number of ether oxygens (including phenoxy) is 1. The number of nitrogens with zero attached hydrogens (tertiary/aromatic N) is 2. The number of carbonyl (C=O) groups is 1. The van der Waals surface area contributed by atoms with Crippen LogP contribution >= 0.6 is 11.6 Å². The third kappa shape index (κ3) is 4.68. The highest BCUT2D eigenvalue weighted by atomic mass is 35.5. The van der Waals surface area contributed by atoms with Gasteiger partial charge in [-0.05, 0) is 43.8 Å². The van der Waals surface area contributed by atoms with E-state index < -0.39 is 0 Å². The van der Waals surface area contributed by atoms with Gasteiger partial charge in [0.2, 0.25) is 0 Å². The van der Waals surface area contributed by atoms with Crippen LogP contribution in [0.2, 0.25) is 5.02 Å². The minimum absolute atomic E-state index is 0.0435. The number of para-hydroxylation sites is 1. The molecule has 0 unspecified atom stereocenters. The van der Waals surface area contributed by atoms with Crippen molar-refractivity contribution >= 4 is 28.9 Å². The lowest BCUT2D eigenvalue weighted by Crippen LogP contribution is -2.45. The molecule has 3 rings (SSSR count). The van der Waals surface area contributed by atoms with Gasteiger partial charge in [-0.15, -0.1) is 0 Å². The molecule has 2 aromatic carbocycles. The zero-order valence-electron chi connectivity index (χ0n) is 15.2. The molecule has 1 aliphatic heterocycles. The van der Waals surface area contributed by atoms with E-state index in [1.807, 2.05) is 49.4 Å². The van der Waals surface area contributed by atoms with E-state index >= 15 is 0 Å². The molecule has 1 heterocycles. The lowest BCUT2D eigenvalue weighted by molar-refractivity contribution is -0.118. The molecule has 0 aliphatic carbocycles. The molecule has 1 saturated heterocycles. The van der Waals surface area contributed by atoms with E-state index in [0.717, 1.165) is 43.1 Å². The predicted octanol–water partition coefficient (Wildman–Crippen LogP) is 3.42. The Hall–Kier alpha value is -2.24. The van der Waals surface area contributed by atoms with Crippen LogP contribution in [0.3, 0.4) is 0 Å². The maximum atomic E-state index is 12.4. The Morgan fingerprint density at radius 3 is 2.62 bits per heavy atom. The average Bonchev–Trinajstić information content (AvgIpc) is 2.61. The Morgan fingerprint density at radius 2 is 1.88 bits per heavy atom. The number of aryl methyl sites for hydroxylation is 1. The van der Waals surface area contributed by atoms with E-state index in [9.17, 15) is 4.79 Å². The standard InChI is InChI=1S/C20H24ClN3O2/c1-15-5-3-6-16(13-15)26-14-19(25)22-18-8-4-7-17(21)20(18)24-11-9-23(2)10-12-24/h3-8,13H,9-12,14H2,1-2H3,(H,22,25). The number of piperazine rings is 1. The van der Waals surface area contributed by atoms with Crippen LogP contribution in [0, 0.1) is 6.92 Å². The molecule has 0 aromatic heterocycles. The third-order valence-electron chi connectivity index (χ3n) is 4.44. The maximum Gasteiger partial charge on any atom is 0.262 e. The van der Waals surface area contributed by atoms with Crippen molar-refractivity contribution in [2.75, 3.05) is 50.1 Å². The van der Waals surface area contributed by atoms with Crippen LogP contribution < -0.4 is 15.0 Å². The quantitative estimate of drug-likeness (QED) is 0.872. The molecule has 6 heteroatoms. The Kier molecular flexibility index (Phi) is 6.01. The first kappa shape index (κ1) is 18.5. The van der Waals surface area contributed by atoms with Gasteiger partial charge in [-0.25, -0.2) is 0 Å². The Bertz CT molecular complexity index is 773. The van der Waals surface area contributed by atoms with Crippen molar-refractivity contribution in [1.82, 2.24) is 4.90 Å². The van der Waals surface area contributed by atoms with Gasteiger partial charge >= 0.3 is 0 Å². The van der Waals surface area contributed by atoms with Crippen LogP contribution in [0.4, 0.5) is 11.4 Å². The van der Waals surface area contributed by atoms with Crippen molar-refractivity contribution in [2.24, 2.45) is 0 Å². The number of likely N-dealkylation sites (N-methyl/N-ethyl adjacent to an activating group) is 1. The van der Waals surface area contributed by atoms with Crippen molar-refractivity contribution in [3.8, 4) is 5.75 Å². The molecule has 1 aliphatic rings. The highest BCUT2D eigenvalue weighted by Crippen LogP contribution is 2.34. The van der Waals surface area contributed by atoms with Gasteiger partial charge in [-0.1, -0.05) is 29.8 Å². The first-order valence-corrected chi connectivity index (χ1v) is 9.12. The van der Waals surface area contributed by atoms with Crippen molar-refractivity contribution in [2.45, 2.75) is 6.92 Å². The summed E-state index contributed by atoms with van der Waals surface area (Å²) in [7, 11) is 2.11. The normalized spacial score (nSPS) is 15.0. The van der Waals surface area contributed by atoms with E-state index in [0.29, 0.717) is 10.8 Å². The van der Waals surface area contributed by atoms with Crippen molar-refractivity contribution in [3.05, 3.63) is 53.1 Å². The molecule has 1 N–H and O–H groups in total. The zero-order chi connectivity index (χ0) is 18.5. The van der Waals surface area contributed by atoms with Gasteiger partial charge in [0.25, 0.3) is 5.91 Å². The first-order valence-electron chi connectivity index (χ1n) is 8.74. The van der Waals surface area contributed by atoms with Gasteiger partial charge in [0, 0.05) is 26.2 Å². The Labute approximate surface area is 159 Å². The molecule has 5 nitrogen and oxygen atoms in total. The monoisotopic (exact) mass is 373 g/mol. The van der Waals surface area contributed by atoms with Crippen LogP contribution in [0.25, 0.3) is 0 Å². The largest absolute Gasteiger partial charge is 0.484 e. The summed E-state index contributed by atoms with van der Waals surface area (Å²) in [5.74, 6) is 0.481. The number of hydrogen-bond donors (Lipinski definition) is 1. The summed E-state index contributed by atoms with van der Waals surface area (Å²) >= 11 is 6.44. The number of amides is 1. The molecule has 138 valence electrons. The predicted molar refractivity (Wildman–Crippen MR) is 106 cm³/mol. The molecule has 1 amide bonds. The minimum Gasteiger partial charge on any atom is -0.484 e. The van der Waals surface area contributed by atoms with Gasteiger partial charge in [-0.3, -0.25) is 4.79 Å². The number of nitrogens with one attached hydrogen (secondary N) is 1. The molecule has 1 fully saturated rings. The van der Waals surface area contributed by atoms with E-state index in [4.69, 9.17) is 16.3 Å². The van der Waals surface area contributed by atoms with Crippen LogP contribution in [-0.4, -0.2) is 50.6 Å². The Balaban J connectivity index is 1.67. The van der Waals surface area contributed by atoms with Crippen LogP contribution in [0.1, 0.15) is 5.56 Å². The molecule has 0 saturated carbocycles. The van der Waals surface area contributed by atoms with E-state index in [2.05, 4.69) is 22.2 Å². The number of benzene rings is 2. The summed E-state index contributed by atoms with van der Waals surface area (Å²) in [6.45, 7) is 5.63. The number of carbonyl (C=O) groups excluding carboxylic acids is 1. The summed E-state index contributed by atoms with van der Waals surface area (Å²) in [6.07, 6.45) is 0. The topological polar surface area (TPSA) is 44.8 Å². The smallest absolute Gasteiger partial charge is 0.262 e. The second-order valence-electron chi connectivity index (χ2n) is 6.58. The van der Waals surface area contributed by atoms with Crippen LogP contribution in [-0.2, 0) is 4.79 Å². The molecule has 0 spiro atoms. The number of rotatable bonds is 5. The Morgan fingerprint density at radius 1 is 1.15 bits per heavy atom. The highest BCUT2D eigenvalue weighted by Gasteiger charge is 2.20. The molecule has 0 bridgehead atoms. The van der Waals surface area contributed by atoms with Gasteiger partial charge < -0.3 is 19.9 Å². The van der Waals surface area contributed by atoms with E-state index in [1.54, 1.807) is 0 Å². The third-order valence-corrected chi connectivity index (χ3v) is 4.74. The highest BCUT2D eigenvalue weighted by molar-refractivity contribution is 6.34. The lowest BCUT2D eigenvalue weighted by Gasteiger charge is -2.35. The molecule has 26 heavy (non-hydrogen) atoms. The summed E-state index contributed by atoms with van der Waals surface area (Å²) in [6, 6.07) is 13.2. The molecule has 2 aromatic rings. The summed E-state index contributed by atoms with van der Waals surface area (Å²) < 4.78 is 5.59. The molecule has 0 radical (unpaired) electrons. The zero-order valence-corrected chi connectivity index (χ0v) is 15.9. The summed E-state index contributed by atoms with van der Waals surface area (Å²) in [5, 5.41) is 3.59. The number of anilines is 2. The SMILES string of the molecule is Cc1cccc(OCC(=O)Nc2cccc(Cl)c2N2CCN(C)CC2)c1. The second kappa shape index (κ2) is 8.43. The maximum absolute atomic E-state index is 12.4. The van der Waals surface area contributed by atoms with E-state index in [-0.39, 0.29) is 12.5 Å². The average molecular weight is 374 g/mol.